The summed E-state index contributed by atoms with van der Waals surface area (Å²) in [5, 5.41) is 2.93. The van der Waals surface area contributed by atoms with Crippen LogP contribution in [0.15, 0.2) is 42.5 Å². The monoisotopic (exact) mass is 338 g/mol. The number of nitrogens with one attached hydrogen (secondary N) is 1. The maximum absolute atomic E-state index is 12.4. The van der Waals surface area contributed by atoms with E-state index in [-0.39, 0.29) is 5.91 Å². The lowest BCUT2D eigenvalue weighted by atomic mass is 10.1. The molecule has 4 nitrogen and oxygen atoms in total. The highest BCUT2D eigenvalue weighted by Crippen LogP contribution is 2.24. The summed E-state index contributed by atoms with van der Waals surface area (Å²) in [6, 6.07) is 13.9. The fourth-order valence-electron chi connectivity index (χ4n) is 3.07. The molecule has 0 unspecified atom stereocenters. The Kier molecular flexibility index (Phi) is 5.27. The number of rotatable bonds is 5. The Balaban J connectivity index is 1.60. The SMILES string of the molecule is Cc1cccc(O[C@@H](C)C(=O)Nc2ccc(N3CCCC3)cc2)c1C. The van der Waals surface area contributed by atoms with Gasteiger partial charge in [-0.2, -0.15) is 0 Å². The lowest BCUT2D eigenvalue weighted by molar-refractivity contribution is -0.122. The lowest BCUT2D eigenvalue weighted by Crippen LogP contribution is -2.30. The van der Waals surface area contributed by atoms with Gasteiger partial charge in [-0.25, -0.2) is 0 Å². The van der Waals surface area contributed by atoms with E-state index in [9.17, 15) is 4.79 Å². The van der Waals surface area contributed by atoms with Crippen molar-refractivity contribution in [2.24, 2.45) is 0 Å². The van der Waals surface area contributed by atoms with Crippen molar-refractivity contribution >= 4 is 17.3 Å². The van der Waals surface area contributed by atoms with Crippen molar-refractivity contribution in [3.63, 3.8) is 0 Å². The van der Waals surface area contributed by atoms with E-state index in [1.165, 1.54) is 18.5 Å². The van der Waals surface area contributed by atoms with Gasteiger partial charge in [0.2, 0.25) is 0 Å². The summed E-state index contributed by atoms with van der Waals surface area (Å²) in [6.07, 6.45) is 1.95. The highest BCUT2D eigenvalue weighted by atomic mass is 16.5. The van der Waals surface area contributed by atoms with Crippen LogP contribution in [0.2, 0.25) is 0 Å². The molecule has 2 aromatic carbocycles. The summed E-state index contributed by atoms with van der Waals surface area (Å²) in [5.74, 6) is 0.613. The van der Waals surface area contributed by atoms with Crippen molar-refractivity contribution in [2.75, 3.05) is 23.3 Å². The molecular formula is C21H26N2O2. The second kappa shape index (κ2) is 7.60. The van der Waals surface area contributed by atoms with Gasteiger partial charge in [0.15, 0.2) is 6.10 Å². The Morgan fingerprint density at radius 1 is 1.08 bits per heavy atom. The van der Waals surface area contributed by atoms with Gasteiger partial charge in [-0.05, 0) is 75.1 Å². The summed E-state index contributed by atoms with van der Waals surface area (Å²) in [7, 11) is 0. The number of ether oxygens (including phenoxy) is 1. The zero-order valence-electron chi connectivity index (χ0n) is 15.2. The molecule has 1 atom stereocenters. The zero-order chi connectivity index (χ0) is 17.8. The minimum absolute atomic E-state index is 0.144. The number of carbonyl (C=O) groups excluding carboxylic acids is 1. The Morgan fingerprint density at radius 2 is 1.76 bits per heavy atom. The van der Waals surface area contributed by atoms with Gasteiger partial charge in [0.25, 0.3) is 5.91 Å². The molecule has 4 heteroatoms. The van der Waals surface area contributed by atoms with Gasteiger partial charge in [0, 0.05) is 24.5 Å². The number of benzene rings is 2. The predicted octanol–water partition coefficient (Wildman–Crippen LogP) is 4.31. The topological polar surface area (TPSA) is 41.6 Å². The molecule has 25 heavy (non-hydrogen) atoms. The van der Waals surface area contributed by atoms with E-state index < -0.39 is 6.10 Å². The standard InChI is InChI=1S/C21H26N2O2/c1-15-7-6-8-20(16(15)2)25-17(3)21(24)22-18-9-11-19(12-10-18)23-13-4-5-14-23/h6-12,17H,4-5,13-14H2,1-3H3,(H,22,24)/t17-/m0/s1. The van der Waals surface area contributed by atoms with E-state index in [0.717, 1.165) is 35.7 Å². The fraction of sp³-hybridized carbons (Fsp3) is 0.381. The number of hydrogen-bond donors (Lipinski definition) is 1. The normalized spacial score (nSPS) is 15.1. The van der Waals surface area contributed by atoms with Gasteiger partial charge < -0.3 is 15.0 Å². The van der Waals surface area contributed by atoms with E-state index in [0.29, 0.717) is 0 Å². The van der Waals surface area contributed by atoms with Gasteiger partial charge >= 0.3 is 0 Å². The predicted molar refractivity (Wildman–Crippen MR) is 103 cm³/mol. The molecule has 0 radical (unpaired) electrons. The zero-order valence-corrected chi connectivity index (χ0v) is 15.2. The van der Waals surface area contributed by atoms with Crippen LogP contribution >= 0.6 is 0 Å². The van der Waals surface area contributed by atoms with Crippen LogP contribution in [0, 0.1) is 13.8 Å². The number of aryl methyl sites for hydroxylation is 1. The number of carbonyl (C=O) groups is 1. The first-order chi connectivity index (χ1) is 12.0. The molecular weight excluding hydrogens is 312 g/mol. The Morgan fingerprint density at radius 3 is 2.44 bits per heavy atom. The van der Waals surface area contributed by atoms with Crippen LogP contribution in [0.5, 0.6) is 5.75 Å². The van der Waals surface area contributed by atoms with Crippen LogP contribution in [0.25, 0.3) is 0 Å². The Labute approximate surface area is 149 Å². The molecule has 1 saturated heterocycles. The molecule has 132 valence electrons. The minimum atomic E-state index is -0.557. The van der Waals surface area contributed by atoms with E-state index in [4.69, 9.17) is 4.74 Å². The largest absolute Gasteiger partial charge is 0.481 e. The molecule has 0 spiro atoms. The molecule has 1 amide bonds. The second-order valence-corrected chi connectivity index (χ2v) is 6.69. The molecule has 1 N–H and O–H groups in total. The van der Waals surface area contributed by atoms with Crippen molar-refractivity contribution in [3.05, 3.63) is 53.6 Å². The quantitative estimate of drug-likeness (QED) is 0.883. The van der Waals surface area contributed by atoms with Gasteiger partial charge in [-0.1, -0.05) is 12.1 Å². The highest BCUT2D eigenvalue weighted by Gasteiger charge is 2.17. The van der Waals surface area contributed by atoms with Crippen molar-refractivity contribution < 1.29 is 9.53 Å². The maximum Gasteiger partial charge on any atom is 0.265 e. The highest BCUT2D eigenvalue weighted by molar-refractivity contribution is 5.94. The second-order valence-electron chi connectivity index (χ2n) is 6.69. The van der Waals surface area contributed by atoms with Gasteiger partial charge in [0.05, 0.1) is 0 Å². The van der Waals surface area contributed by atoms with Crippen molar-refractivity contribution in [1.29, 1.82) is 0 Å². The van der Waals surface area contributed by atoms with Crippen LogP contribution in [-0.2, 0) is 4.79 Å². The first-order valence-corrected chi connectivity index (χ1v) is 8.93. The minimum Gasteiger partial charge on any atom is -0.481 e. The van der Waals surface area contributed by atoms with E-state index in [1.54, 1.807) is 6.92 Å². The van der Waals surface area contributed by atoms with Crippen LogP contribution in [0.1, 0.15) is 30.9 Å². The number of nitrogens with zero attached hydrogens (tertiary/aromatic N) is 1. The number of anilines is 2. The number of amides is 1. The van der Waals surface area contributed by atoms with Crippen LogP contribution < -0.4 is 15.0 Å². The van der Waals surface area contributed by atoms with Gasteiger partial charge in [0.1, 0.15) is 5.75 Å². The van der Waals surface area contributed by atoms with Gasteiger partial charge in [-0.15, -0.1) is 0 Å². The van der Waals surface area contributed by atoms with Crippen molar-refractivity contribution in [3.8, 4) is 5.75 Å². The van der Waals surface area contributed by atoms with Gasteiger partial charge in [-0.3, -0.25) is 4.79 Å². The molecule has 1 fully saturated rings. The van der Waals surface area contributed by atoms with Crippen LogP contribution in [-0.4, -0.2) is 25.1 Å². The number of hydrogen-bond acceptors (Lipinski definition) is 3. The average molecular weight is 338 g/mol. The first kappa shape index (κ1) is 17.3. The summed E-state index contributed by atoms with van der Waals surface area (Å²) >= 11 is 0. The van der Waals surface area contributed by atoms with Crippen molar-refractivity contribution in [1.82, 2.24) is 0 Å². The van der Waals surface area contributed by atoms with E-state index >= 15 is 0 Å². The molecule has 0 bridgehead atoms. The third-order valence-electron chi connectivity index (χ3n) is 4.83. The molecule has 0 aromatic heterocycles. The third-order valence-corrected chi connectivity index (χ3v) is 4.83. The molecule has 3 rings (SSSR count). The summed E-state index contributed by atoms with van der Waals surface area (Å²) in [6.45, 7) is 8.05. The summed E-state index contributed by atoms with van der Waals surface area (Å²) in [5.41, 5.74) is 4.24. The van der Waals surface area contributed by atoms with Crippen molar-refractivity contribution in [2.45, 2.75) is 39.7 Å². The summed E-state index contributed by atoms with van der Waals surface area (Å²) < 4.78 is 5.84. The lowest BCUT2D eigenvalue weighted by Gasteiger charge is -2.19. The average Bonchev–Trinajstić information content (AvgIpc) is 3.14. The Hall–Kier alpha value is -2.49. The summed E-state index contributed by atoms with van der Waals surface area (Å²) in [4.78, 5) is 14.8. The third kappa shape index (κ3) is 4.13. The Bertz CT molecular complexity index is 734. The molecule has 0 saturated carbocycles. The first-order valence-electron chi connectivity index (χ1n) is 8.93. The van der Waals surface area contributed by atoms with E-state index in [2.05, 4.69) is 22.3 Å². The molecule has 1 aliphatic heterocycles. The molecule has 1 heterocycles. The smallest absolute Gasteiger partial charge is 0.265 e. The van der Waals surface area contributed by atoms with E-state index in [1.807, 2.05) is 44.2 Å². The van der Waals surface area contributed by atoms with Crippen LogP contribution in [0.3, 0.4) is 0 Å². The fourth-order valence-corrected chi connectivity index (χ4v) is 3.07. The maximum atomic E-state index is 12.4. The van der Waals surface area contributed by atoms with Crippen LogP contribution in [0.4, 0.5) is 11.4 Å². The molecule has 1 aliphatic rings. The molecule has 2 aromatic rings. The molecule has 0 aliphatic carbocycles.